The van der Waals surface area contributed by atoms with Gasteiger partial charge < -0.3 is 15.9 Å². The molecule has 108 valence electrons. The lowest BCUT2D eigenvalue weighted by molar-refractivity contribution is 0.0494. The van der Waals surface area contributed by atoms with Gasteiger partial charge in [0.2, 0.25) is 0 Å². The lowest BCUT2D eigenvalue weighted by atomic mass is 9.95. The molecule has 0 atom stereocenters. The van der Waals surface area contributed by atoms with E-state index in [4.69, 9.17) is 27.7 Å². The summed E-state index contributed by atoms with van der Waals surface area (Å²) in [6.07, 6.45) is 4.56. The highest BCUT2D eigenvalue weighted by Gasteiger charge is 2.18. The molecule has 0 radical (unpaired) electrons. The third-order valence-electron chi connectivity index (χ3n) is 3.84. The zero-order valence-electron chi connectivity index (χ0n) is 11.5. The predicted octanol–water partition coefficient (Wildman–Crippen LogP) is 1.25. The number of nitrogens with one attached hydrogen (secondary N) is 1. The van der Waals surface area contributed by atoms with Gasteiger partial charge in [0.15, 0.2) is 5.82 Å². The van der Waals surface area contributed by atoms with Gasteiger partial charge in [-0.2, -0.15) is 0 Å². The SMILES string of the molecule is NC(=S)c1cc2c(nc1NN1CCOCC1)CCCC2. The number of pyridine rings is 1. The Morgan fingerprint density at radius 2 is 2.05 bits per heavy atom. The molecule has 2 aliphatic rings. The molecule has 1 aromatic heterocycles. The summed E-state index contributed by atoms with van der Waals surface area (Å²) < 4.78 is 5.35. The lowest BCUT2D eigenvalue weighted by Crippen LogP contribution is -2.41. The zero-order chi connectivity index (χ0) is 13.9. The number of anilines is 1. The maximum Gasteiger partial charge on any atom is 0.150 e. The highest BCUT2D eigenvalue weighted by Crippen LogP contribution is 2.25. The van der Waals surface area contributed by atoms with Gasteiger partial charge in [0.25, 0.3) is 0 Å². The number of nitrogens with two attached hydrogens (primary N) is 1. The summed E-state index contributed by atoms with van der Waals surface area (Å²) in [4.78, 5) is 5.17. The van der Waals surface area contributed by atoms with Crippen LogP contribution < -0.4 is 11.2 Å². The molecule has 20 heavy (non-hydrogen) atoms. The first-order valence-corrected chi connectivity index (χ1v) is 7.57. The molecule has 1 aliphatic carbocycles. The van der Waals surface area contributed by atoms with E-state index in [0.29, 0.717) is 4.99 Å². The van der Waals surface area contributed by atoms with Crippen LogP contribution in [-0.4, -0.2) is 41.3 Å². The van der Waals surface area contributed by atoms with Crippen LogP contribution in [0.1, 0.15) is 29.7 Å². The second kappa shape index (κ2) is 6.03. The molecule has 1 saturated heterocycles. The first kappa shape index (κ1) is 13.7. The van der Waals surface area contributed by atoms with Crippen LogP contribution in [0.2, 0.25) is 0 Å². The minimum atomic E-state index is 0.404. The Balaban J connectivity index is 1.88. The van der Waals surface area contributed by atoms with E-state index in [1.165, 1.54) is 24.1 Å². The van der Waals surface area contributed by atoms with E-state index in [-0.39, 0.29) is 0 Å². The van der Waals surface area contributed by atoms with Gasteiger partial charge in [0, 0.05) is 18.8 Å². The molecule has 0 amide bonds. The Hall–Kier alpha value is -1.24. The maximum absolute atomic E-state index is 5.86. The van der Waals surface area contributed by atoms with Crippen LogP contribution in [0.3, 0.4) is 0 Å². The average Bonchev–Trinajstić information content (AvgIpc) is 2.47. The number of rotatable bonds is 3. The van der Waals surface area contributed by atoms with Crippen LogP contribution in [0.15, 0.2) is 6.07 Å². The van der Waals surface area contributed by atoms with Crippen molar-refractivity contribution in [2.75, 3.05) is 31.7 Å². The summed E-state index contributed by atoms with van der Waals surface area (Å²) in [5.41, 5.74) is 12.6. The average molecular weight is 292 g/mol. The molecule has 0 aromatic carbocycles. The van der Waals surface area contributed by atoms with Crippen LogP contribution in [0.25, 0.3) is 0 Å². The molecule has 1 aliphatic heterocycles. The van der Waals surface area contributed by atoms with Gasteiger partial charge >= 0.3 is 0 Å². The number of aryl methyl sites for hydroxylation is 2. The van der Waals surface area contributed by atoms with Gasteiger partial charge in [-0.1, -0.05) is 12.2 Å². The van der Waals surface area contributed by atoms with Crippen molar-refractivity contribution in [2.24, 2.45) is 5.73 Å². The summed E-state index contributed by atoms with van der Waals surface area (Å²) in [5.74, 6) is 0.792. The number of fused-ring (bicyclic) bond motifs is 1. The Morgan fingerprint density at radius 3 is 2.80 bits per heavy atom. The fraction of sp³-hybridized carbons (Fsp3) is 0.571. The van der Waals surface area contributed by atoms with Crippen LogP contribution >= 0.6 is 12.2 Å². The molecule has 6 heteroatoms. The number of hydrazine groups is 1. The second-order valence-corrected chi connectivity index (χ2v) is 5.71. The third-order valence-corrected chi connectivity index (χ3v) is 4.06. The topological polar surface area (TPSA) is 63.4 Å². The van der Waals surface area contributed by atoms with Crippen molar-refractivity contribution in [2.45, 2.75) is 25.7 Å². The van der Waals surface area contributed by atoms with Gasteiger partial charge in [0.1, 0.15) is 4.99 Å². The Kier molecular flexibility index (Phi) is 4.14. The zero-order valence-corrected chi connectivity index (χ0v) is 12.3. The molecule has 1 fully saturated rings. The molecule has 1 aromatic rings. The molecule has 3 rings (SSSR count). The summed E-state index contributed by atoms with van der Waals surface area (Å²) in [7, 11) is 0. The Morgan fingerprint density at radius 1 is 1.30 bits per heavy atom. The van der Waals surface area contributed by atoms with Crippen LogP contribution in [-0.2, 0) is 17.6 Å². The molecule has 0 bridgehead atoms. The fourth-order valence-electron chi connectivity index (χ4n) is 2.73. The molecule has 2 heterocycles. The quantitative estimate of drug-likeness (QED) is 0.818. The first-order chi connectivity index (χ1) is 9.74. The monoisotopic (exact) mass is 292 g/mol. The Labute approximate surface area is 124 Å². The van der Waals surface area contributed by atoms with E-state index >= 15 is 0 Å². The van der Waals surface area contributed by atoms with E-state index in [2.05, 4.69) is 16.5 Å². The lowest BCUT2D eigenvalue weighted by Gasteiger charge is -2.29. The van der Waals surface area contributed by atoms with Crippen LogP contribution in [0.5, 0.6) is 0 Å². The van der Waals surface area contributed by atoms with Gasteiger partial charge in [-0.15, -0.1) is 0 Å². The van der Waals surface area contributed by atoms with Crippen LogP contribution in [0, 0.1) is 0 Å². The minimum Gasteiger partial charge on any atom is -0.389 e. The Bertz CT molecular complexity index is 514. The van der Waals surface area contributed by atoms with E-state index in [1.807, 2.05) is 0 Å². The molecule has 0 spiro atoms. The molecule has 0 unspecified atom stereocenters. The smallest absolute Gasteiger partial charge is 0.150 e. The largest absolute Gasteiger partial charge is 0.389 e. The molecular weight excluding hydrogens is 272 g/mol. The van der Waals surface area contributed by atoms with Crippen molar-refractivity contribution in [3.05, 3.63) is 22.9 Å². The van der Waals surface area contributed by atoms with Gasteiger partial charge in [-0.05, 0) is 37.3 Å². The number of thiocarbonyl (C=S) groups is 1. The number of morpholine rings is 1. The van der Waals surface area contributed by atoms with Gasteiger partial charge in [0.05, 0.1) is 18.8 Å². The minimum absolute atomic E-state index is 0.404. The predicted molar refractivity (Wildman–Crippen MR) is 82.8 cm³/mol. The summed E-state index contributed by atoms with van der Waals surface area (Å²) in [6, 6.07) is 2.12. The standard InChI is InChI=1S/C14H20N4OS/c15-13(20)11-9-10-3-1-2-4-12(10)16-14(11)17-18-5-7-19-8-6-18/h9H,1-8H2,(H2,15,20)(H,16,17). The first-order valence-electron chi connectivity index (χ1n) is 7.16. The van der Waals surface area contributed by atoms with Crippen molar-refractivity contribution < 1.29 is 4.74 Å². The molecule has 3 N–H and O–H groups in total. The number of nitrogens with zero attached hydrogens (tertiary/aromatic N) is 2. The van der Waals surface area contributed by atoms with E-state index in [9.17, 15) is 0 Å². The number of aromatic nitrogens is 1. The molecule has 5 nitrogen and oxygen atoms in total. The normalized spacial score (nSPS) is 19.4. The summed E-state index contributed by atoms with van der Waals surface area (Å²) in [5, 5.41) is 2.11. The molecule has 0 saturated carbocycles. The van der Waals surface area contributed by atoms with E-state index in [0.717, 1.165) is 50.5 Å². The maximum atomic E-state index is 5.86. The van der Waals surface area contributed by atoms with Crippen molar-refractivity contribution in [1.82, 2.24) is 9.99 Å². The van der Waals surface area contributed by atoms with Crippen molar-refractivity contribution in [3.8, 4) is 0 Å². The van der Waals surface area contributed by atoms with Gasteiger partial charge in [-0.3, -0.25) is 0 Å². The van der Waals surface area contributed by atoms with E-state index < -0.39 is 0 Å². The highest BCUT2D eigenvalue weighted by molar-refractivity contribution is 7.80. The number of hydrogen-bond donors (Lipinski definition) is 2. The van der Waals surface area contributed by atoms with Crippen LogP contribution in [0.4, 0.5) is 5.82 Å². The fourth-order valence-corrected chi connectivity index (χ4v) is 2.89. The molecular formula is C14H20N4OS. The summed E-state index contributed by atoms with van der Waals surface area (Å²) >= 11 is 5.18. The highest BCUT2D eigenvalue weighted by atomic mass is 32.1. The third kappa shape index (κ3) is 2.92. The van der Waals surface area contributed by atoms with Crippen molar-refractivity contribution >= 4 is 23.0 Å². The number of hydrogen-bond acceptors (Lipinski definition) is 5. The summed E-state index contributed by atoms with van der Waals surface area (Å²) in [6.45, 7) is 3.16. The van der Waals surface area contributed by atoms with E-state index in [1.54, 1.807) is 0 Å². The van der Waals surface area contributed by atoms with Crippen molar-refractivity contribution in [3.63, 3.8) is 0 Å². The number of ether oxygens (including phenoxy) is 1. The van der Waals surface area contributed by atoms with Crippen molar-refractivity contribution in [1.29, 1.82) is 0 Å². The second-order valence-electron chi connectivity index (χ2n) is 5.27. The van der Waals surface area contributed by atoms with Gasteiger partial charge in [-0.25, -0.2) is 9.99 Å².